The Bertz CT molecular complexity index is 797. The summed E-state index contributed by atoms with van der Waals surface area (Å²) in [7, 11) is 0. The number of aryl methyl sites for hydroxylation is 1. The largest absolute Gasteiger partial charge is 0.347 e. The third-order valence-corrected chi connectivity index (χ3v) is 4.10. The molecule has 3 rings (SSSR count). The van der Waals surface area contributed by atoms with E-state index < -0.39 is 0 Å². The molecular weight excluding hydrogens is 300 g/mol. The fourth-order valence-corrected chi connectivity index (χ4v) is 2.77. The number of nitrogens with zero attached hydrogens (tertiary/aromatic N) is 2. The first-order chi connectivity index (χ1) is 11.7. The van der Waals surface area contributed by atoms with Crippen LogP contribution < -0.4 is 10.6 Å². The molecule has 0 fully saturated rings. The molecule has 1 aromatic carbocycles. The minimum atomic E-state index is -0.142. The first-order valence-corrected chi connectivity index (χ1v) is 8.22. The van der Waals surface area contributed by atoms with Crippen molar-refractivity contribution in [3.8, 4) is 0 Å². The molecule has 0 aliphatic carbocycles. The lowest BCUT2D eigenvalue weighted by atomic mass is 10.1. The summed E-state index contributed by atoms with van der Waals surface area (Å²) in [5.74, 6) is 0. The van der Waals surface area contributed by atoms with Crippen molar-refractivity contribution >= 4 is 16.9 Å². The van der Waals surface area contributed by atoms with Gasteiger partial charge in [-0.1, -0.05) is 18.2 Å². The molecule has 0 saturated carbocycles. The van der Waals surface area contributed by atoms with Crippen LogP contribution in [0.25, 0.3) is 10.9 Å². The molecule has 0 bridgehead atoms. The van der Waals surface area contributed by atoms with E-state index in [1.165, 1.54) is 10.9 Å². The van der Waals surface area contributed by atoms with Gasteiger partial charge in [-0.05, 0) is 48.6 Å². The van der Waals surface area contributed by atoms with Crippen molar-refractivity contribution in [1.29, 1.82) is 0 Å². The molecule has 0 spiro atoms. The van der Waals surface area contributed by atoms with Crippen LogP contribution in [0.3, 0.4) is 0 Å². The van der Waals surface area contributed by atoms with Crippen molar-refractivity contribution in [2.45, 2.75) is 25.9 Å². The van der Waals surface area contributed by atoms with Gasteiger partial charge < -0.3 is 15.2 Å². The number of fused-ring (bicyclic) bond motifs is 1. The molecule has 2 amide bonds. The summed E-state index contributed by atoms with van der Waals surface area (Å²) in [6.45, 7) is 3.48. The molecule has 2 heterocycles. The topological polar surface area (TPSA) is 59.0 Å². The first-order valence-electron chi connectivity index (χ1n) is 8.22. The van der Waals surface area contributed by atoms with Crippen LogP contribution in [-0.2, 0) is 6.54 Å². The van der Waals surface area contributed by atoms with Crippen molar-refractivity contribution in [3.63, 3.8) is 0 Å². The van der Waals surface area contributed by atoms with E-state index in [0.29, 0.717) is 6.54 Å². The zero-order valence-corrected chi connectivity index (χ0v) is 13.8. The summed E-state index contributed by atoms with van der Waals surface area (Å²) in [4.78, 5) is 15.9. The maximum Gasteiger partial charge on any atom is 0.315 e. The summed E-state index contributed by atoms with van der Waals surface area (Å²) in [6.07, 6.45) is 6.44. The molecule has 1 unspecified atom stereocenters. The minimum absolute atomic E-state index is 0.0404. The third kappa shape index (κ3) is 3.93. The zero-order chi connectivity index (χ0) is 16.8. The second kappa shape index (κ2) is 7.64. The molecule has 1 atom stereocenters. The lowest BCUT2D eigenvalue weighted by molar-refractivity contribution is 0.237. The normalized spacial score (nSPS) is 12.0. The number of hydrogen-bond acceptors (Lipinski definition) is 2. The number of hydrogen-bond donors (Lipinski definition) is 2. The highest BCUT2D eigenvalue weighted by molar-refractivity contribution is 5.79. The highest BCUT2D eigenvalue weighted by Crippen LogP contribution is 2.15. The molecule has 5 heteroatoms. The smallest absolute Gasteiger partial charge is 0.315 e. The van der Waals surface area contributed by atoms with Gasteiger partial charge in [-0.25, -0.2) is 4.79 Å². The Morgan fingerprint density at radius 1 is 1.17 bits per heavy atom. The Morgan fingerprint density at radius 3 is 2.79 bits per heavy atom. The molecule has 0 radical (unpaired) electrons. The van der Waals surface area contributed by atoms with Crippen LogP contribution in [0.15, 0.2) is 61.1 Å². The lowest BCUT2D eigenvalue weighted by Gasteiger charge is -2.15. The third-order valence-electron chi connectivity index (χ3n) is 4.10. The number of para-hydroxylation sites is 1. The van der Waals surface area contributed by atoms with Crippen LogP contribution in [0.5, 0.6) is 0 Å². The molecule has 5 nitrogen and oxygen atoms in total. The second-order valence-corrected chi connectivity index (χ2v) is 5.82. The molecule has 0 saturated heterocycles. The Morgan fingerprint density at radius 2 is 1.96 bits per heavy atom. The Balaban J connectivity index is 1.42. The quantitative estimate of drug-likeness (QED) is 0.683. The summed E-state index contributed by atoms with van der Waals surface area (Å²) in [6, 6.07) is 14.1. The summed E-state index contributed by atoms with van der Waals surface area (Å²) in [5.41, 5.74) is 2.27. The van der Waals surface area contributed by atoms with Gasteiger partial charge in [0.15, 0.2) is 0 Å². The number of pyridine rings is 1. The summed E-state index contributed by atoms with van der Waals surface area (Å²) in [5, 5.41) is 7.09. The van der Waals surface area contributed by atoms with E-state index in [1.807, 2.05) is 31.2 Å². The van der Waals surface area contributed by atoms with Crippen LogP contribution in [0.4, 0.5) is 4.79 Å². The van der Waals surface area contributed by atoms with Gasteiger partial charge in [0, 0.05) is 37.2 Å². The number of carbonyl (C=O) groups excluding carboxylic acids is 1. The number of carbonyl (C=O) groups is 1. The SMILES string of the molecule is CC(NC(=O)NCCCn1ccc2ccccc21)c1ccncc1. The van der Waals surface area contributed by atoms with Crippen molar-refractivity contribution < 1.29 is 4.79 Å². The fourth-order valence-electron chi connectivity index (χ4n) is 2.77. The van der Waals surface area contributed by atoms with E-state index in [9.17, 15) is 4.79 Å². The van der Waals surface area contributed by atoms with Crippen molar-refractivity contribution in [2.24, 2.45) is 0 Å². The average Bonchev–Trinajstić information content (AvgIpc) is 3.03. The molecule has 3 aromatic rings. The van der Waals surface area contributed by atoms with Gasteiger partial charge >= 0.3 is 6.03 Å². The predicted molar refractivity (Wildman–Crippen MR) is 95.7 cm³/mol. The van der Waals surface area contributed by atoms with Crippen LogP contribution in [0.1, 0.15) is 24.9 Å². The van der Waals surface area contributed by atoms with Gasteiger partial charge in [0.1, 0.15) is 0 Å². The lowest BCUT2D eigenvalue weighted by Crippen LogP contribution is -2.37. The maximum absolute atomic E-state index is 12.0. The molecule has 124 valence electrons. The minimum Gasteiger partial charge on any atom is -0.347 e. The van der Waals surface area contributed by atoms with Gasteiger partial charge in [-0.2, -0.15) is 0 Å². The molecule has 2 aromatic heterocycles. The van der Waals surface area contributed by atoms with Crippen molar-refractivity contribution in [3.05, 3.63) is 66.6 Å². The van der Waals surface area contributed by atoms with Crippen molar-refractivity contribution in [1.82, 2.24) is 20.2 Å². The average molecular weight is 322 g/mol. The number of benzene rings is 1. The predicted octanol–water partition coefficient (Wildman–Crippen LogP) is 3.49. The summed E-state index contributed by atoms with van der Waals surface area (Å²) >= 11 is 0. The van der Waals surface area contributed by atoms with E-state index >= 15 is 0 Å². The Hall–Kier alpha value is -2.82. The van der Waals surface area contributed by atoms with E-state index in [2.05, 4.69) is 44.6 Å². The van der Waals surface area contributed by atoms with Crippen molar-refractivity contribution in [2.75, 3.05) is 6.54 Å². The maximum atomic E-state index is 12.0. The standard InChI is InChI=1S/C19H22N4O/c1-15(16-7-11-20-12-8-16)22-19(24)21-10-4-13-23-14-9-17-5-2-3-6-18(17)23/h2-3,5-9,11-12,14-15H,4,10,13H2,1H3,(H2,21,22,24). The summed E-state index contributed by atoms with van der Waals surface area (Å²) < 4.78 is 2.22. The molecule has 2 N–H and O–H groups in total. The van der Waals surface area contributed by atoms with E-state index in [0.717, 1.165) is 18.5 Å². The Labute approximate surface area is 141 Å². The van der Waals surface area contributed by atoms with E-state index in [4.69, 9.17) is 0 Å². The van der Waals surface area contributed by atoms with Crippen LogP contribution in [0, 0.1) is 0 Å². The number of nitrogens with one attached hydrogen (secondary N) is 2. The second-order valence-electron chi connectivity index (χ2n) is 5.82. The highest BCUT2D eigenvalue weighted by atomic mass is 16.2. The van der Waals surface area contributed by atoms with Crippen LogP contribution in [-0.4, -0.2) is 22.1 Å². The van der Waals surface area contributed by atoms with Crippen LogP contribution in [0.2, 0.25) is 0 Å². The first kappa shape index (κ1) is 16.1. The molecule has 24 heavy (non-hydrogen) atoms. The van der Waals surface area contributed by atoms with Gasteiger partial charge in [-0.3, -0.25) is 4.98 Å². The van der Waals surface area contributed by atoms with Gasteiger partial charge in [-0.15, -0.1) is 0 Å². The van der Waals surface area contributed by atoms with Gasteiger partial charge in [0.25, 0.3) is 0 Å². The van der Waals surface area contributed by atoms with Gasteiger partial charge in [0.2, 0.25) is 0 Å². The number of urea groups is 1. The molecule has 0 aliphatic heterocycles. The zero-order valence-electron chi connectivity index (χ0n) is 13.8. The number of aromatic nitrogens is 2. The molecular formula is C19H22N4O. The number of amides is 2. The highest BCUT2D eigenvalue weighted by Gasteiger charge is 2.08. The van der Waals surface area contributed by atoms with E-state index in [1.54, 1.807) is 12.4 Å². The molecule has 0 aliphatic rings. The van der Waals surface area contributed by atoms with E-state index in [-0.39, 0.29) is 12.1 Å². The van der Waals surface area contributed by atoms with Gasteiger partial charge in [0.05, 0.1) is 6.04 Å². The monoisotopic (exact) mass is 322 g/mol. The number of rotatable bonds is 6. The van der Waals surface area contributed by atoms with Crippen LogP contribution >= 0.6 is 0 Å². The Kier molecular flexibility index (Phi) is 5.11. The fraction of sp³-hybridized carbons (Fsp3) is 0.263.